The van der Waals surface area contributed by atoms with E-state index in [0.717, 1.165) is 18.5 Å². The third kappa shape index (κ3) is 1.26. The highest BCUT2D eigenvalue weighted by atomic mass is 79.9. The Balaban J connectivity index is 2.41. The lowest BCUT2D eigenvalue weighted by Gasteiger charge is -2.00. The van der Waals surface area contributed by atoms with Gasteiger partial charge in [-0.25, -0.2) is 0 Å². The van der Waals surface area contributed by atoms with E-state index < -0.39 is 0 Å². The van der Waals surface area contributed by atoms with E-state index in [-0.39, 0.29) is 5.25 Å². The largest absolute Gasteiger partial charge is 0.302 e. The number of aldehydes is 1. The molecular weight excluding hydrogens is 188 g/mol. The van der Waals surface area contributed by atoms with Gasteiger partial charge in [0, 0.05) is 4.83 Å². The van der Waals surface area contributed by atoms with Gasteiger partial charge in [0.2, 0.25) is 0 Å². The molecule has 2 unspecified atom stereocenters. The molecular formula is C5H7BrOS. The molecule has 1 aliphatic rings. The molecule has 1 heterocycles. The van der Waals surface area contributed by atoms with Crippen LogP contribution in [-0.4, -0.2) is 22.1 Å². The van der Waals surface area contributed by atoms with Crippen molar-refractivity contribution in [1.29, 1.82) is 0 Å². The molecule has 0 amide bonds. The van der Waals surface area contributed by atoms with Crippen LogP contribution in [0.25, 0.3) is 0 Å². The van der Waals surface area contributed by atoms with Crippen molar-refractivity contribution in [2.45, 2.75) is 16.5 Å². The van der Waals surface area contributed by atoms with E-state index in [1.54, 1.807) is 11.8 Å². The number of hydrogen-bond acceptors (Lipinski definition) is 2. The molecule has 1 fully saturated rings. The molecule has 8 heavy (non-hydrogen) atoms. The summed E-state index contributed by atoms with van der Waals surface area (Å²) in [5.41, 5.74) is 0. The number of rotatable bonds is 1. The van der Waals surface area contributed by atoms with Gasteiger partial charge in [-0.1, -0.05) is 15.9 Å². The van der Waals surface area contributed by atoms with Crippen molar-refractivity contribution in [3.8, 4) is 0 Å². The Morgan fingerprint density at radius 1 is 1.75 bits per heavy atom. The summed E-state index contributed by atoms with van der Waals surface area (Å²) in [5, 5.41) is 0.218. The highest BCUT2D eigenvalue weighted by molar-refractivity contribution is 9.09. The molecule has 3 heteroatoms. The average Bonchev–Trinajstić information content (AvgIpc) is 2.14. The molecule has 1 saturated heterocycles. The summed E-state index contributed by atoms with van der Waals surface area (Å²) >= 11 is 5.15. The zero-order valence-electron chi connectivity index (χ0n) is 4.34. The maximum atomic E-state index is 10.2. The third-order valence-corrected chi connectivity index (χ3v) is 3.87. The van der Waals surface area contributed by atoms with Crippen molar-refractivity contribution < 1.29 is 4.79 Å². The molecule has 0 aromatic carbocycles. The number of thioether (sulfide) groups is 1. The summed E-state index contributed by atoms with van der Waals surface area (Å²) in [6, 6.07) is 0. The fourth-order valence-electron chi connectivity index (χ4n) is 0.710. The smallest absolute Gasteiger partial charge is 0.134 e. The molecule has 0 aliphatic carbocycles. The fourth-order valence-corrected chi connectivity index (χ4v) is 2.91. The minimum Gasteiger partial charge on any atom is -0.302 e. The number of carbonyl (C=O) groups excluding carboxylic acids is 1. The maximum Gasteiger partial charge on any atom is 0.134 e. The van der Waals surface area contributed by atoms with Crippen LogP contribution in [0.3, 0.4) is 0 Å². The first-order valence-corrected chi connectivity index (χ1v) is 4.52. The van der Waals surface area contributed by atoms with Gasteiger partial charge in [0.25, 0.3) is 0 Å². The summed E-state index contributed by atoms with van der Waals surface area (Å²) in [6.45, 7) is 0. The summed E-state index contributed by atoms with van der Waals surface area (Å²) in [7, 11) is 0. The van der Waals surface area contributed by atoms with Gasteiger partial charge < -0.3 is 4.79 Å². The van der Waals surface area contributed by atoms with Crippen LogP contribution >= 0.6 is 27.7 Å². The Kier molecular flexibility index (Phi) is 2.38. The second-order valence-corrected chi connectivity index (χ2v) is 4.24. The Hall–Kier alpha value is 0.500. The first-order valence-electron chi connectivity index (χ1n) is 2.55. The second kappa shape index (κ2) is 2.87. The van der Waals surface area contributed by atoms with Crippen LogP contribution in [0.15, 0.2) is 0 Å². The summed E-state index contributed by atoms with van der Waals surface area (Å²) in [6.07, 6.45) is 2.16. The predicted molar refractivity (Wildman–Crippen MR) is 39.6 cm³/mol. The predicted octanol–water partition coefficient (Wildman–Crippen LogP) is 1.45. The summed E-state index contributed by atoms with van der Waals surface area (Å²) in [4.78, 5) is 10.6. The molecule has 1 aliphatic heterocycles. The Morgan fingerprint density at radius 2 is 2.50 bits per heavy atom. The minimum absolute atomic E-state index is 0.218. The topological polar surface area (TPSA) is 17.1 Å². The lowest BCUT2D eigenvalue weighted by Crippen LogP contribution is -2.10. The van der Waals surface area contributed by atoms with Gasteiger partial charge in [0.15, 0.2) is 0 Å². The van der Waals surface area contributed by atoms with Crippen LogP contribution in [0.2, 0.25) is 0 Å². The van der Waals surface area contributed by atoms with Crippen LogP contribution in [0.1, 0.15) is 6.42 Å². The molecule has 1 rings (SSSR count). The van der Waals surface area contributed by atoms with E-state index >= 15 is 0 Å². The lowest BCUT2D eigenvalue weighted by molar-refractivity contribution is -0.107. The van der Waals surface area contributed by atoms with E-state index in [1.165, 1.54) is 0 Å². The number of halogens is 1. The summed E-state index contributed by atoms with van der Waals surface area (Å²) in [5.74, 6) is 1.12. The first-order chi connectivity index (χ1) is 3.84. The van der Waals surface area contributed by atoms with E-state index in [2.05, 4.69) is 15.9 Å². The van der Waals surface area contributed by atoms with Gasteiger partial charge in [-0.05, 0) is 12.2 Å². The zero-order valence-corrected chi connectivity index (χ0v) is 6.74. The Bertz CT molecular complexity index is 96.4. The van der Waals surface area contributed by atoms with E-state index in [1.807, 2.05) is 0 Å². The third-order valence-electron chi connectivity index (χ3n) is 1.19. The van der Waals surface area contributed by atoms with Gasteiger partial charge in [-0.15, -0.1) is 11.8 Å². The van der Waals surface area contributed by atoms with Gasteiger partial charge in [-0.3, -0.25) is 0 Å². The highest BCUT2D eigenvalue weighted by Gasteiger charge is 2.24. The molecule has 0 radical (unpaired) electrons. The normalized spacial score (nSPS) is 37.6. The van der Waals surface area contributed by atoms with Crippen LogP contribution in [-0.2, 0) is 4.79 Å². The summed E-state index contributed by atoms with van der Waals surface area (Å²) < 4.78 is 0. The first kappa shape index (κ1) is 6.62. The van der Waals surface area contributed by atoms with Crippen molar-refractivity contribution >= 4 is 34.0 Å². The lowest BCUT2D eigenvalue weighted by atomic mass is 10.3. The minimum atomic E-state index is 0.218. The molecule has 0 spiro atoms. The Morgan fingerprint density at radius 3 is 2.75 bits per heavy atom. The average molecular weight is 195 g/mol. The van der Waals surface area contributed by atoms with Crippen LogP contribution in [0.4, 0.5) is 0 Å². The molecule has 0 saturated carbocycles. The molecule has 0 N–H and O–H groups in total. The van der Waals surface area contributed by atoms with Gasteiger partial charge in [-0.2, -0.15) is 0 Å². The van der Waals surface area contributed by atoms with E-state index in [9.17, 15) is 4.79 Å². The second-order valence-electron chi connectivity index (χ2n) is 1.78. The van der Waals surface area contributed by atoms with Crippen molar-refractivity contribution in [1.82, 2.24) is 0 Å². The van der Waals surface area contributed by atoms with Crippen molar-refractivity contribution in [3.05, 3.63) is 0 Å². The van der Waals surface area contributed by atoms with Crippen LogP contribution in [0.5, 0.6) is 0 Å². The van der Waals surface area contributed by atoms with Gasteiger partial charge >= 0.3 is 0 Å². The Labute approximate surface area is 61.3 Å². The molecule has 1 nitrogen and oxygen atoms in total. The SMILES string of the molecule is O=CC1SCCC1Br. The number of alkyl halides is 1. The van der Waals surface area contributed by atoms with Crippen LogP contribution < -0.4 is 0 Å². The van der Waals surface area contributed by atoms with Crippen LogP contribution in [0, 0.1) is 0 Å². The monoisotopic (exact) mass is 194 g/mol. The molecule has 46 valence electrons. The van der Waals surface area contributed by atoms with E-state index in [0.29, 0.717) is 4.83 Å². The molecule has 0 bridgehead atoms. The van der Waals surface area contributed by atoms with Gasteiger partial charge in [0.1, 0.15) is 6.29 Å². The highest BCUT2D eigenvalue weighted by Crippen LogP contribution is 2.30. The number of hydrogen-bond donors (Lipinski definition) is 0. The fraction of sp³-hybridized carbons (Fsp3) is 0.800. The standard InChI is InChI=1S/C5H7BrOS/c6-4-1-2-8-5(4)3-7/h3-5H,1-2H2. The van der Waals surface area contributed by atoms with E-state index in [4.69, 9.17) is 0 Å². The molecule has 2 atom stereocenters. The van der Waals surface area contributed by atoms with Crippen molar-refractivity contribution in [3.63, 3.8) is 0 Å². The zero-order chi connectivity index (χ0) is 5.98. The van der Waals surface area contributed by atoms with Crippen molar-refractivity contribution in [2.24, 2.45) is 0 Å². The molecule has 0 aromatic heterocycles. The number of carbonyl (C=O) groups is 1. The van der Waals surface area contributed by atoms with Crippen molar-refractivity contribution in [2.75, 3.05) is 5.75 Å². The quantitative estimate of drug-likeness (QED) is 0.465. The van der Waals surface area contributed by atoms with Gasteiger partial charge in [0.05, 0.1) is 5.25 Å². The maximum absolute atomic E-state index is 10.2. The molecule has 0 aromatic rings.